The molecular weight excluding hydrogens is 274 g/mol. The topological polar surface area (TPSA) is 44.5 Å². The van der Waals surface area contributed by atoms with Gasteiger partial charge < -0.3 is 15.2 Å². The first-order valence-electron chi connectivity index (χ1n) is 7.40. The van der Waals surface area contributed by atoms with Crippen molar-refractivity contribution in [1.82, 2.24) is 0 Å². The third-order valence-corrected chi connectivity index (χ3v) is 4.06. The molecule has 0 spiro atoms. The SMILES string of the molecule is CCC(N)Cc1ccc(OCC2CCC(C)O2)c(Cl)c1. The average Bonchev–Trinajstić information content (AvgIpc) is 2.83. The maximum atomic E-state index is 6.26. The van der Waals surface area contributed by atoms with Gasteiger partial charge in [-0.05, 0) is 50.3 Å². The fourth-order valence-corrected chi connectivity index (χ4v) is 2.68. The summed E-state index contributed by atoms with van der Waals surface area (Å²) in [7, 11) is 0. The zero-order valence-electron chi connectivity index (χ0n) is 12.3. The molecule has 1 aromatic carbocycles. The van der Waals surface area contributed by atoms with Crippen LogP contribution in [0, 0.1) is 0 Å². The van der Waals surface area contributed by atoms with Crippen LogP contribution < -0.4 is 10.5 Å². The van der Waals surface area contributed by atoms with Crippen LogP contribution in [0.5, 0.6) is 5.75 Å². The fraction of sp³-hybridized carbons (Fsp3) is 0.625. The van der Waals surface area contributed by atoms with E-state index in [1.807, 2.05) is 18.2 Å². The van der Waals surface area contributed by atoms with Crippen LogP contribution in [0.3, 0.4) is 0 Å². The molecule has 1 aromatic rings. The van der Waals surface area contributed by atoms with Crippen LogP contribution in [-0.2, 0) is 11.2 Å². The molecule has 3 nitrogen and oxygen atoms in total. The van der Waals surface area contributed by atoms with Gasteiger partial charge in [-0.15, -0.1) is 0 Å². The van der Waals surface area contributed by atoms with Crippen LogP contribution in [-0.4, -0.2) is 24.9 Å². The summed E-state index contributed by atoms with van der Waals surface area (Å²) in [5.41, 5.74) is 7.11. The molecule has 4 heteroatoms. The summed E-state index contributed by atoms with van der Waals surface area (Å²) in [6.07, 6.45) is 4.51. The van der Waals surface area contributed by atoms with Gasteiger partial charge in [-0.2, -0.15) is 0 Å². The molecule has 20 heavy (non-hydrogen) atoms. The Balaban J connectivity index is 1.89. The Morgan fingerprint density at radius 2 is 2.25 bits per heavy atom. The highest BCUT2D eigenvalue weighted by molar-refractivity contribution is 6.32. The first-order chi connectivity index (χ1) is 9.58. The highest BCUT2D eigenvalue weighted by atomic mass is 35.5. The van der Waals surface area contributed by atoms with E-state index >= 15 is 0 Å². The van der Waals surface area contributed by atoms with E-state index in [1.165, 1.54) is 0 Å². The smallest absolute Gasteiger partial charge is 0.138 e. The van der Waals surface area contributed by atoms with Crippen LogP contribution in [0.4, 0.5) is 0 Å². The van der Waals surface area contributed by atoms with Gasteiger partial charge in [0.2, 0.25) is 0 Å². The zero-order valence-corrected chi connectivity index (χ0v) is 13.0. The Morgan fingerprint density at radius 3 is 2.85 bits per heavy atom. The third-order valence-electron chi connectivity index (χ3n) is 3.76. The van der Waals surface area contributed by atoms with Gasteiger partial charge in [0.1, 0.15) is 12.4 Å². The Kier molecular flexibility index (Phi) is 5.70. The molecule has 112 valence electrons. The summed E-state index contributed by atoms with van der Waals surface area (Å²) in [5, 5.41) is 0.650. The van der Waals surface area contributed by atoms with Crippen molar-refractivity contribution >= 4 is 11.6 Å². The summed E-state index contributed by atoms with van der Waals surface area (Å²) < 4.78 is 11.5. The van der Waals surface area contributed by atoms with Crippen molar-refractivity contribution < 1.29 is 9.47 Å². The quantitative estimate of drug-likeness (QED) is 0.873. The predicted octanol–water partition coefficient (Wildman–Crippen LogP) is 3.57. The number of rotatable bonds is 6. The van der Waals surface area contributed by atoms with E-state index < -0.39 is 0 Å². The van der Waals surface area contributed by atoms with E-state index in [0.29, 0.717) is 17.7 Å². The summed E-state index contributed by atoms with van der Waals surface area (Å²) >= 11 is 6.26. The Morgan fingerprint density at radius 1 is 1.45 bits per heavy atom. The van der Waals surface area contributed by atoms with E-state index in [4.69, 9.17) is 26.8 Å². The van der Waals surface area contributed by atoms with E-state index in [0.717, 1.165) is 37.0 Å². The molecule has 1 heterocycles. The molecular formula is C16H24ClNO2. The lowest BCUT2D eigenvalue weighted by Crippen LogP contribution is -2.21. The molecule has 3 atom stereocenters. The van der Waals surface area contributed by atoms with Crippen molar-refractivity contribution in [1.29, 1.82) is 0 Å². The summed E-state index contributed by atoms with van der Waals surface area (Å²) in [4.78, 5) is 0. The molecule has 3 unspecified atom stereocenters. The lowest BCUT2D eigenvalue weighted by molar-refractivity contribution is 0.0265. The fourth-order valence-electron chi connectivity index (χ4n) is 2.43. The van der Waals surface area contributed by atoms with Gasteiger partial charge in [-0.3, -0.25) is 0 Å². The van der Waals surface area contributed by atoms with Gasteiger partial charge in [0.25, 0.3) is 0 Å². The average molecular weight is 298 g/mol. The lowest BCUT2D eigenvalue weighted by Gasteiger charge is -2.15. The lowest BCUT2D eigenvalue weighted by atomic mass is 10.0. The number of benzene rings is 1. The minimum atomic E-state index is 0.186. The van der Waals surface area contributed by atoms with Crippen LogP contribution in [0.1, 0.15) is 38.7 Å². The molecule has 1 fully saturated rings. The molecule has 2 rings (SSSR count). The van der Waals surface area contributed by atoms with E-state index in [1.54, 1.807) is 0 Å². The van der Waals surface area contributed by atoms with Crippen LogP contribution >= 0.6 is 11.6 Å². The van der Waals surface area contributed by atoms with Gasteiger partial charge in [0, 0.05) is 6.04 Å². The van der Waals surface area contributed by atoms with Crippen molar-refractivity contribution in [2.45, 2.75) is 57.8 Å². The maximum Gasteiger partial charge on any atom is 0.138 e. The minimum absolute atomic E-state index is 0.186. The van der Waals surface area contributed by atoms with Crippen molar-refractivity contribution in [3.8, 4) is 5.75 Å². The second kappa shape index (κ2) is 7.30. The van der Waals surface area contributed by atoms with Gasteiger partial charge in [-0.25, -0.2) is 0 Å². The first kappa shape index (κ1) is 15.6. The van der Waals surface area contributed by atoms with Gasteiger partial charge in [0.05, 0.1) is 17.2 Å². The van der Waals surface area contributed by atoms with Crippen molar-refractivity contribution in [3.05, 3.63) is 28.8 Å². The monoisotopic (exact) mass is 297 g/mol. The van der Waals surface area contributed by atoms with Gasteiger partial charge in [0.15, 0.2) is 0 Å². The molecule has 0 aromatic heterocycles. The van der Waals surface area contributed by atoms with Crippen molar-refractivity contribution in [2.75, 3.05) is 6.61 Å². The van der Waals surface area contributed by atoms with Crippen LogP contribution in [0.15, 0.2) is 18.2 Å². The van der Waals surface area contributed by atoms with E-state index in [2.05, 4.69) is 13.8 Å². The van der Waals surface area contributed by atoms with Gasteiger partial charge >= 0.3 is 0 Å². The van der Waals surface area contributed by atoms with E-state index in [9.17, 15) is 0 Å². The first-order valence-corrected chi connectivity index (χ1v) is 7.78. The molecule has 2 N–H and O–H groups in total. The maximum absolute atomic E-state index is 6.26. The Bertz CT molecular complexity index is 438. The predicted molar refractivity (Wildman–Crippen MR) is 82.5 cm³/mol. The molecule has 1 saturated heterocycles. The molecule has 0 radical (unpaired) electrons. The summed E-state index contributed by atoms with van der Waals surface area (Å²) in [6, 6.07) is 6.10. The zero-order chi connectivity index (χ0) is 14.5. The third kappa shape index (κ3) is 4.37. The molecule has 1 aliphatic rings. The highest BCUT2D eigenvalue weighted by Crippen LogP contribution is 2.27. The number of nitrogens with two attached hydrogens (primary N) is 1. The highest BCUT2D eigenvalue weighted by Gasteiger charge is 2.22. The Labute approximate surface area is 126 Å². The molecule has 0 aliphatic carbocycles. The van der Waals surface area contributed by atoms with Crippen molar-refractivity contribution in [2.24, 2.45) is 5.73 Å². The summed E-state index contributed by atoms with van der Waals surface area (Å²) in [5.74, 6) is 0.726. The van der Waals surface area contributed by atoms with E-state index in [-0.39, 0.29) is 12.1 Å². The van der Waals surface area contributed by atoms with Crippen LogP contribution in [0.2, 0.25) is 5.02 Å². The minimum Gasteiger partial charge on any atom is -0.489 e. The normalized spacial score (nSPS) is 23.8. The second-order valence-corrected chi connectivity index (χ2v) is 6.00. The largest absolute Gasteiger partial charge is 0.489 e. The van der Waals surface area contributed by atoms with Crippen LogP contribution in [0.25, 0.3) is 0 Å². The molecule has 0 amide bonds. The standard InChI is InChI=1S/C16H24ClNO2/c1-3-13(18)8-12-5-7-16(15(17)9-12)19-10-14-6-4-11(2)20-14/h5,7,9,11,13-14H,3-4,6,8,10,18H2,1-2H3. The molecule has 0 bridgehead atoms. The van der Waals surface area contributed by atoms with Crippen molar-refractivity contribution in [3.63, 3.8) is 0 Å². The molecule has 1 aliphatic heterocycles. The second-order valence-electron chi connectivity index (χ2n) is 5.59. The summed E-state index contributed by atoms with van der Waals surface area (Å²) in [6.45, 7) is 4.75. The number of ether oxygens (including phenoxy) is 2. The van der Waals surface area contributed by atoms with Gasteiger partial charge in [-0.1, -0.05) is 24.6 Å². The Hall–Kier alpha value is -0.770. The number of hydrogen-bond acceptors (Lipinski definition) is 3. The number of halogens is 1. The molecule has 0 saturated carbocycles. The number of hydrogen-bond donors (Lipinski definition) is 1.